The minimum absolute atomic E-state index is 0.0438. The second kappa shape index (κ2) is 7.71. The first-order chi connectivity index (χ1) is 13.9. The summed E-state index contributed by atoms with van der Waals surface area (Å²) in [5.41, 5.74) is 0.210. The lowest BCUT2D eigenvalue weighted by Gasteiger charge is -2.16. The summed E-state index contributed by atoms with van der Waals surface area (Å²) in [5, 5.41) is 0.394. The minimum atomic E-state index is -0.554. The fraction of sp³-hybridized carbons (Fsp3) is 0.250. The third-order valence-corrected chi connectivity index (χ3v) is 4.93. The molecule has 0 radical (unpaired) electrons. The molecule has 3 aromatic rings. The molecule has 0 spiro atoms. The van der Waals surface area contributed by atoms with Crippen LogP contribution < -0.4 is 20.1 Å². The lowest BCUT2D eigenvalue weighted by Crippen LogP contribution is -2.23. The average molecular weight is 417 g/mol. The van der Waals surface area contributed by atoms with Crippen LogP contribution in [0.3, 0.4) is 0 Å². The number of hydrogen-bond donors (Lipinski definition) is 0. The molecule has 1 aliphatic heterocycles. The molecule has 29 heavy (non-hydrogen) atoms. The van der Waals surface area contributed by atoms with Crippen LogP contribution in [0.5, 0.6) is 17.4 Å². The summed E-state index contributed by atoms with van der Waals surface area (Å²) in [7, 11) is 1.91. The standard InChI is InChI=1S/C20H18ClFN4O3/c1-12-10-26-19(25(12)2)7-18(24-20(26)27)28-11-13-3-4-17(16(22)5-13)29-15-6-14(21)8-23-9-15/h3-9,12H,10-11H2,1-2H3. The van der Waals surface area contributed by atoms with Crippen molar-refractivity contribution >= 4 is 17.4 Å². The minimum Gasteiger partial charge on any atom is -0.473 e. The first-order valence-corrected chi connectivity index (χ1v) is 9.33. The third kappa shape index (κ3) is 4.02. The first-order valence-electron chi connectivity index (χ1n) is 8.95. The van der Waals surface area contributed by atoms with Crippen molar-refractivity contribution in [2.24, 2.45) is 0 Å². The number of halogens is 2. The Morgan fingerprint density at radius 2 is 2.10 bits per heavy atom. The summed E-state index contributed by atoms with van der Waals surface area (Å²) >= 11 is 5.85. The van der Waals surface area contributed by atoms with Gasteiger partial charge in [0.15, 0.2) is 11.6 Å². The number of ether oxygens (including phenoxy) is 2. The number of nitrogens with zero attached hydrogens (tertiary/aromatic N) is 4. The lowest BCUT2D eigenvalue weighted by atomic mass is 10.2. The molecule has 150 valence electrons. The molecule has 0 bridgehead atoms. The first kappa shape index (κ1) is 19.2. The van der Waals surface area contributed by atoms with E-state index in [-0.39, 0.29) is 30.0 Å². The molecular weight excluding hydrogens is 399 g/mol. The fourth-order valence-corrected chi connectivity index (χ4v) is 3.24. The van der Waals surface area contributed by atoms with Crippen LogP contribution in [0.15, 0.2) is 47.5 Å². The number of fused-ring (bicyclic) bond motifs is 1. The van der Waals surface area contributed by atoms with Gasteiger partial charge < -0.3 is 14.4 Å². The van der Waals surface area contributed by atoms with Gasteiger partial charge in [0.25, 0.3) is 0 Å². The number of benzene rings is 1. The SMILES string of the molecule is CC1Cn2c(cc(OCc3ccc(Oc4cncc(Cl)c4)c(F)c3)nc2=O)N1C. The molecule has 0 aliphatic carbocycles. The summed E-state index contributed by atoms with van der Waals surface area (Å²) in [4.78, 5) is 22.0. The molecule has 1 aliphatic rings. The third-order valence-electron chi connectivity index (χ3n) is 4.73. The molecule has 0 fully saturated rings. The Labute approximate surface area is 171 Å². The molecule has 0 N–H and O–H groups in total. The molecule has 3 heterocycles. The predicted molar refractivity (Wildman–Crippen MR) is 106 cm³/mol. The summed E-state index contributed by atoms with van der Waals surface area (Å²) in [6.45, 7) is 2.68. The Balaban J connectivity index is 1.46. The van der Waals surface area contributed by atoms with Gasteiger partial charge in [0.1, 0.15) is 18.2 Å². The van der Waals surface area contributed by atoms with E-state index in [9.17, 15) is 9.18 Å². The largest absolute Gasteiger partial charge is 0.473 e. The Morgan fingerprint density at radius 3 is 2.86 bits per heavy atom. The number of aromatic nitrogens is 3. The average Bonchev–Trinajstić information content (AvgIpc) is 2.97. The van der Waals surface area contributed by atoms with Crippen LogP contribution in [-0.4, -0.2) is 27.6 Å². The van der Waals surface area contributed by atoms with E-state index in [0.717, 1.165) is 5.82 Å². The maximum absolute atomic E-state index is 14.4. The van der Waals surface area contributed by atoms with Crippen LogP contribution in [-0.2, 0) is 13.2 Å². The molecule has 1 aromatic carbocycles. The van der Waals surface area contributed by atoms with Crippen LogP contribution in [0.1, 0.15) is 12.5 Å². The van der Waals surface area contributed by atoms with E-state index in [0.29, 0.717) is 22.9 Å². The molecule has 1 unspecified atom stereocenters. The molecule has 1 atom stereocenters. The Hall–Kier alpha value is -3.13. The van der Waals surface area contributed by atoms with Crippen LogP contribution in [0.2, 0.25) is 5.02 Å². The van der Waals surface area contributed by atoms with E-state index in [4.69, 9.17) is 21.1 Å². The predicted octanol–water partition coefficient (Wildman–Crippen LogP) is 3.64. The number of anilines is 1. The summed E-state index contributed by atoms with van der Waals surface area (Å²) in [6.07, 6.45) is 2.90. The highest BCUT2D eigenvalue weighted by Crippen LogP contribution is 2.27. The topological polar surface area (TPSA) is 69.5 Å². The second-order valence-corrected chi connectivity index (χ2v) is 7.24. The van der Waals surface area contributed by atoms with Gasteiger partial charge in [0.2, 0.25) is 5.88 Å². The number of pyridine rings is 1. The van der Waals surface area contributed by atoms with Gasteiger partial charge in [-0.15, -0.1) is 0 Å². The van der Waals surface area contributed by atoms with Gasteiger partial charge in [-0.05, 0) is 24.6 Å². The van der Waals surface area contributed by atoms with Gasteiger partial charge in [0.05, 0.1) is 11.2 Å². The van der Waals surface area contributed by atoms with Crippen molar-refractivity contribution in [2.75, 3.05) is 11.9 Å². The number of likely N-dealkylation sites (N-methyl/N-ethyl adjacent to an activating group) is 1. The van der Waals surface area contributed by atoms with Gasteiger partial charge in [-0.3, -0.25) is 9.55 Å². The van der Waals surface area contributed by atoms with Crippen molar-refractivity contribution in [1.29, 1.82) is 0 Å². The number of rotatable bonds is 5. The normalized spacial score (nSPS) is 15.3. The van der Waals surface area contributed by atoms with E-state index in [1.54, 1.807) is 22.8 Å². The molecule has 9 heteroatoms. The highest BCUT2D eigenvalue weighted by molar-refractivity contribution is 6.30. The Bertz CT molecular complexity index is 1120. The van der Waals surface area contributed by atoms with Crippen molar-refractivity contribution < 1.29 is 13.9 Å². The zero-order valence-corrected chi connectivity index (χ0v) is 16.6. The molecule has 2 aromatic heterocycles. The maximum atomic E-state index is 14.4. The molecule has 0 amide bonds. The van der Waals surface area contributed by atoms with Gasteiger partial charge in [-0.2, -0.15) is 4.98 Å². The number of hydrogen-bond acceptors (Lipinski definition) is 6. The van der Waals surface area contributed by atoms with Gasteiger partial charge >= 0.3 is 5.69 Å². The zero-order valence-electron chi connectivity index (χ0n) is 15.8. The van der Waals surface area contributed by atoms with Gasteiger partial charge in [-0.1, -0.05) is 17.7 Å². The smallest absolute Gasteiger partial charge is 0.352 e. The summed E-state index contributed by atoms with van der Waals surface area (Å²) in [6, 6.07) is 7.93. The molecule has 0 saturated heterocycles. The van der Waals surface area contributed by atoms with Crippen molar-refractivity contribution in [1.82, 2.24) is 14.5 Å². The zero-order chi connectivity index (χ0) is 20.5. The molecule has 4 rings (SSSR count). The summed E-state index contributed by atoms with van der Waals surface area (Å²) in [5.74, 6) is 0.774. The van der Waals surface area contributed by atoms with Crippen molar-refractivity contribution in [3.63, 3.8) is 0 Å². The van der Waals surface area contributed by atoms with Gasteiger partial charge in [-0.25, -0.2) is 9.18 Å². The van der Waals surface area contributed by atoms with E-state index >= 15 is 0 Å². The highest BCUT2D eigenvalue weighted by Gasteiger charge is 2.25. The van der Waals surface area contributed by atoms with Crippen LogP contribution in [0.25, 0.3) is 0 Å². The highest BCUT2D eigenvalue weighted by atomic mass is 35.5. The monoisotopic (exact) mass is 416 g/mol. The van der Waals surface area contributed by atoms with E-state index in [2.05, 4.69) is 9.97 Å². The van der Waals surface area contributed by atoms with Crippen molar-refractivity contribution in [3.8, 4) is 17.4 Å². The Morgan fingerprint density at radius 1 is 1.28 bits per heavy atom. The van der Waals surface area contributed by atoms with Crippen LogP contribution in [0.4, 0.5) is 10.2 Å². The van der Waals surface area contributed by atoms with Crippen molar-refractivity contribution in [2.45, 2.75) is 26.1 Å². The second-order valence-electron chi connectivity index (χ2n) is 6.80. The van der Waals surface area contributed by atoms with Crippen LogP contribution in [0, 0.1) is 5.82 Å². The molecule has 0 saturated carbocycles. The van der Waals surface area contributed by atoms with Crippen molar-refractivity contribution in [3.05, 3.63) is 69.6 Å². The maximum Gasteiger partial charge on any atom is 0.352 e. The van der Waals surface area contributed by atoms with E-state index in [1.165, 1.54) is 24.5 Å². The molecule has 7 nitrogen and oxygen atoms in total. The molecular formula is C20H18ClFN4O3. The quantitative estimate of drug-likeness (QED) is 0.632. The summed E-state index contributed by atoms with van der Waals surface area (Å²) < 4.78 is 27.1. The van der Waals surface area contributed by atoms with Crippen LogP contribution >= 0.6 is 11.6 Å². The van der Waals surface area contributed by atoms with Gasteiger partial charge in [0, 0.05) is 38.0 Å². The van der Waals surface area contributed by atoms with E-state index in [1.807, 2.05) is 18.9 Å². The fourth-order valence-electron chi connectivity index (χ4n) is 3.07. The van der Waals surface area contributed by atoms with E-state index < -0.39 is 5.82 Å². The Kier molecular flexibility index (Phi) is 5.10. The lowest BCUT2D eigenvalue weighted by molar-refractivity contribution is 0.290.